The Balaban J connectivity index is 1.35. The van der Waals surface area contributed by atoms with Gasteiger partial charge >= 0.3 is 6.18 Å². The number of alkyl halides is 3. The summed E-state index contributed by atoms with van der Waals surface area (Å²) in [6.07, 6.45) is 0.599. The number of anilines is 1. The van der Waals surface area contributed by atoms with E-state index >= 15 is 0 Å². The third kappa shape index (κ3) is 4.42. The van der Waals surface area contributed by atoms with Crippen LogP contribution in [-0.2, 0) is 22.3 Å². The summed E-state index contributed by atoms with van der Waals surface area (Å²) in [6, 6.07) is 2.32. The van der Waals surface area contributed by atoms with Gasteiger partial charge in [0.15, 0.2) is 17.0 Å². The van der Waals surface area contributed by atoms with Crippen LogP contribution in [0.2, 0.25) is 0 Å². The van der Waals surface area contributed by atoms with Gasteiger partial charge in [0.2, 0.25) is 5.91 Å². The molecule has 0 aromatic carbocycles. The Kier molecular flexibility index (Phi) is 6.07. The van der Waals surface area contributed by atoms with Gasteiger partial charge in [0, 0.05) is 50.5 Å². The predicted molar refractivity (Wildman–Crippen MR) is 121 cm³/mol. The highest BCUT2D eigenvalue weighted by Crippen LogP contribution is 2.33. The van der Waals surface area contributed by atoms with Crippen LogP contribution in [-0.4, -0.2) is 67.7 Å². The number of methoxy groups -OCH3 is 1. The van der Waals surface area contributed by atoms with Crippen LogP contribution >= 0.6 is 0 Å². The number of carbonyl (C=O) groups is 1. The molecular formula is C23H26F3N7O2. The molecule has 186 valence electrons. The lowest BCUT2D eigenvalue weighted by Crippen LogP contribution is -2.44. The molecule has 1 unspecified atom stereocenters. The van der Waals surface area contributed by atoms with Crippen molar-refractivity contribution in [2.75, 3.05) is 25.5 Å². The third-order valence-electron chi connectivity index (χ3n) is 6.78. The molecule has 4 heterocycles. The molecule has 1 atom stereocenters. The molecule has 0 spiro atoms. The van der Waals surface area contributed by atoms with Gasteiger partial charge in [-0.1, -0.05) is 0 Å². The molecule has 1 aliphatic heterocycles. The molecule has 1 saturated heterocycles. The number of likely N-dealkylation sites (tertiary alicyclic amines) is 1. The molecule has 1 amide bonds. The molecule has 0 radical (unpaired) electrons. The van der Waals surface area contributed by atoms with E-state index in [9.17, 15) is 18.0 Å². The number of aromatic nitrogens is 5. The first-order valence-electron chi connectivity index (χ1n) is 11.6. The average molecular weight is 490 g/mol. The zero-order chi connectivity index (χ0) is 24.7. The van der Waals surface area contributed by atoms with Crippen molar-refractivity contribution in [1.82, 2.24) is 29.4 Å². The maximum absolute atomic E-state index is 12.9. The first-order chi connectivity index (χ1) is 16.8. The van der Waals surface area contributed by atoms with Crippen molar-refractivity contribution in [2.24, 2.45) is 5.92 Å². The topological polar surface area (TPSA) is 98.1 Å². The molecule has 2 fully saturated rings. The van der Waals surface area contributed by atoms with Crippen molar-refractivity contribution < 1.29 is 22.7 Å². The zero-order valence-corrected chi connectivity index (χ0v) is 19.4. The Hall–Kier alpha value is -3.28. The second-order valence-electron chi connectivity index (χ2n) is 8.94. The fourth-order valence-electron chi connectivity index (χ4n) is 4.75. The minimum absolute atomic E-state index is 0.0123. The highest BCUT2D eigenvalue weighted by atomic mass is 19.4. The molecule has 5 rings (SSSR count). The van der Waals surface area contributed by atoms with E-state index < -0.39 is 11.9 Å². The molecule has 35 heavy (non-hydrogen) atoms. The van der Waals surface area contributed by atoms with Crippen LogP contribution in [0.4, 0.5) is 19.0 Å². The quantitative estimate of drug-likeness (QED) is 0.567. The second kappa shape index (κ2) is 9.06. The predicted octanol–water partition coefficient (Wildman–Crippen LogP) is 3.36. The number of pyridine rings is 1. The first kappa shape index (κ1) is 23.5. The van der Waals surface area contributed by atoms with Gasteiger partial charge in [-0.3, -0.25) is 9.78 Å². The van der Waals surface area contributed by atoms with Crippen molar-refractivity contribution in [2.45, 2.75) is 51.1 Å². The van der Waals surface area contributed by atoms with E-state index in [-0.39, 0.29) is 24.0 Å². The summed E-state index contributed by atoms with van der Waals surface area (Å²) in [5, 5.41) is 3.40. The Labute approximate surface area is 199 Å². The van der Waals surface area contributed by atoms with E-state index in [0.29, 0.717) is 48.0 Å². The molecule has 1 aliphatic carbocycles. The molecule has 12 heteroatoms. The number of nitrogens with one attached hydrogen (secondary N) is 1. The van der Waals surface area contributed by atoms with Crippen LogP contribution in [0.3, 0.4) is 0 Å². The summed E-state index contributed by atoms with van der Waals surface area (Å²) in [4.78, 5) is 31.6. The molecule has 3 aromatic heterocycles. The SMILES string of the molecule is CCn1c(-c2ccc(C(F)(F)F)nc2)nc2c(NC3CCN(C(=O)[C@H]4C[C@H](OC)C4)C3)ncnc21. The van der Waals surface area contributed by atoms with E-state index in [0.717, 1.165) is 25.3 Å². The Morgan fingerprint density at radius 1 is 1.23 bits per heavy atom. The normalized spacial score (nSPS) is 22.4. The fraction of sp³-hybridized carbons (Fsp3) is 0.522. The van der Waals surface area contributed by atoms with Gasteiger partial charge in [-0.05, 0) is 38.3 Å². The standard InChI is InChI=1S/C23H26F3N7O2/c1-3-33-20(13-4-5-17(27-10-13)23(24,25)26)31-18-19(28-12-29-21(18)33)30-15-6-7-32(11-15)22(34)14-8-16(9-14)35-2/h4-5,10,12,14-16H,3,6-9,11H2,1-2H3,(H,28,29,30)/t14-,15?,16-. The summed E-state index contributed by atoms with van der Waals surface area (Å²) < 4.78 is 45.9. The van der Waals surface area contributed by atoms with Gasteiger partial charge in [0.05, 0.1) is 6.10 Å². The summed E-state index contributed by atoms with van der Waals surface area (Å²) in [6.45, 7) is 3.67. The van der Waals surface area contributed by atoms with E-state index in [2.05, 4.69) is 25.3 Å². The van der Waals surface area contributed by atoms with Crippen molar-refractivity contribution in [3.8, 4) is 11.4 Å². The fourth-order valence-corrected chi connectivity index (χ4v) is 4.75. The van der Waals surface area contributed by atoms with E-state index in [4.69, 9.17) is 4.74 Å². The van der Waals surface area contributed by atoms with Crippen LogP contribution in [0.1, 0.15) is 31.9 Å². The number of nitrogens with zero attached hydrogens (tertiary/aromatic N) is 6. The highest BCUT2D eigenvalue weighted by Gasteiger charge is 2.39. The monoisotopic (exact) mass is 489 g/mol. The number of aryl methyl sites for hydroxylation is 1. The summed E-state index contributed by atoms with van der Waals surface area (Å²) >= 11 is 0. The number of amides is 1. The molecule has 9 nitrogen and oxygen atoms in total. The van der Waals surface area contributed by atoms with Gasteiger partial charge < -0.3 is 19.5 Å². The van der Waals surface area contributed by atoms with Crippen molar-refractivity contribution in [3.63, 3.8) is 0 Å². The highest BCUT2D eigenvalue weighted by molar-refractivity contribution is 5.86. The summed E-state index contributed by atoms with van der Waals surface area (Å²) in [7, 11) is 1.67. The van der Waals surface area contributed by atoms with Gasteiger partial charge in [0.1, 0.15) is 17.8 Å². The number of hydrogen-bond acceptors (Lipinski definition) is 7. The van der Waals surface area contributed by atoms with E-state index in [1.807, 2.05) is 16.4 Å². The third-order valence-corrected chi connectivity index (χ3v) is 6.78. The zero-order valence-electron chi connectivity index (χ0n) is 19.4. The lowest BCUT2D eigenvalue weighted by Gasteiger charge is -2.35. The van der Waals surface area contributed by atoms with Crippen LogP contribution in [0.5, 0.6) is 0 Å². The minimum atomic E-state index is -4.51. The molecular weight excluding hydrogens is 463 g/mol. The minimum Gasteiger partial charge on any atom is -0.381 e. The first-order valence-corrected chi connectivity index (χ1v) is 11.6. The smallest absolute Gasteiger partial charge is 0.381 e. The largest absolute Gasteiger partial charge is 0.433 e. The van der Waals surface area contributed by atoms with Gasteiger partial charge in [0.25, 0.3) is 0 Å². The number of fused-ring (bicyclic) bond motifs is 1. The second-order valence-corrected chi connectivity index (χ2v) is 8.94. The van der Waals surface area contributed by atoms with Crippen LogP contribution in [0.15, 0.2) is 24.7 Å². The average Bonchev–Trinajstić information content (AvgIpc) is 3.43. The van der Waals surface area contributed by atoms with Crippen molar-refractivity contribution >= 4 is 22.9 Å². The van der Waals surface area contributed by atoms with Crippen LogP contribution in [0.25, 0.3) is 22.6 Å². The van der Waals surface area contributed by atoms with E-state index in [1.165, 1.54) is 18.6 Å². The Bertz CT molecular complexity index is 1220. The Morgan fingerprint density at radius 3 is 2.69 bits per heavy atom. The summed E-state index contributed by atoms with van der Waals surface area (Å²) in [5.41, 5.74) is 0.598. The lowest BCUT2D eigenvalue weighted by atomic mass is 9.81. The number of hydrogen-bond donors (Lipinski definition) is 1. The number of rotatable bonds is 6. The summed E-state index contributed by atoms with van der Waals surface area (Å²) in [5.74, 6) is 1.20. The maximum Gasteiger partial charge on any atom is 0.433 e. The number of carbonyl (C=O) groups excluding carboxylic acids is 1. The number of halogens is 3. The molecule has 3 aromatic rings. The van der Waals surface area contributed by atoms with Crippen LogP contribution in [0, 0.1) is 5.92 Å². The Morgan fingerprint density at radius 2 is 2.03 bits per heavy atom. The van der Waals surface area contributed by atoms with Crippen molar-refractivity contribution in [1.29, 1.82) is 0 Å². The molecule has 1 saturated carbocycles. The van der Waals surface area contributed by atoms with E-state index in [1.54, 1.807) is 7.11 Å². The van der Waals surface area contributed by atoms with Crippen molar-refractivity contribution in [3.05, 3.63) is 30.4 Å². The lowest BCUT2D eigenvalue weighted by molar-refractivity contribution is -0.142. The van der Waals surface area contributed by atoms with Gasteiger partial charge in [-0.2, -0.15) is 13.2 Å². The number of imidazole rings is 1. The molecule has 0 bridgehead atoms. The van der Waals surface area contributed by atoms with Gasteiger partial charge in [-0.15, -0.1) is 0 Å². The molecule has 2 aliphatic rings. The maximum atomic E-state index is 12.9. The number of ether oxygens (including phenoxy) is 1. The molecule has 1 N–H and O–H groups in total. The van der Waals surface area contributed by atoms with Crippen LogP contribution < -0.4 is 5.32 Å². The van der Waals surface area contributed by atoms with Gasteiger partial charge in [-0.25, -0.2) is 15.0 Å².